The summed E-state index contributed by atoms with van der Waals surface area (Å²) >= 11 is 0. The van der Waals surface area contributed by atoms with Gasteiger partial charge in [-0.3, -0.25) is 0 Å². The van der Waals surface area contributed by atoms with Crippen LogP contribution in [0.1, 0.15) is 37.7 Å². The lowest BCUT2D eigenvalue weighted by Gasteiger charge is -2.23. The zero-order valence-corrected chi connectivity index (χ0v) is 10.8. The number of nitrogens with one attached hydrogen (secondary N) is 2. The Hall–Kier alpha value is -1.71. The highest BCUT2D eigenvalue weighted by Crippen LogP contribution is 2.20. The van der Waals surface area contributed by atoms with Crippen LogP contribution >= 0.6 is 0 Å². The van der Waals surface area contributed by atoms with E-state index in [1.807, 2.05) is 25.1 Å². The molecule has 0 bridgehead atoms. The van der Waals surface area contributed by atoms with Gasteiger partial charge in [-0.25, -0.2) is 4.79 Å². The molecule has 1 aromatic rings. The molecule has 0 unspecified atom stereocenters. The summed E-state index contributed by atoms with van der Waals surface area (Å²) in [6.07, 6.45) is 5.85. The van der Waals surface area contributed by atoms with Gasteiger partial charge in [-0.1, -0.05) is 25.3 Å². The Morgan fingerprint density at radius 1 is 1.28 bits per heavy atom. The van der Waals surface area contributed by atoms with Crippen LogP contribution in [-0.2, 0) is 0 Å². The monoisotopic (exact) mass is 247 g/mol. The van der Waals surface area contributed by atoms with Gasteiger partial charge in [-0.05, 0) is 37.5 Å². The topological polar surface area (TPSA) is 67.1 Å². The molecule has 0 atom stereocenters. The number of rotatable bonds is 2. The van der Waals surface area contributed by atoms with Gasteiger partial charge in [0.15, 0.2) is 0 Å². The third-order valence-corrected chi connectivity index (χ3v) is 3.40. The molecule has 0 spiro atoms. The standard InChI is InChI=1S/C14H21N3O/c1-10-7-8-12(15)13(9-10)17-14(18)16-11-5-3-2-4-6-11/h7-9,11H,2-6,15H2,1H3,(H2,16,17,18). The molecule has 18 heavy (non-hydrogen) atoms. The van der Waals surface area contributed by atoms with Gasteiger partial charge in [0.1, 0.15) is 0 Å². The lowest BCUT2D eigenvalue weighted by atomic mass is 9.96. The van der Waals surface area contributed by atoms with Crippen LogP contribution in [0.25, 0.3) is 0 Å². The van der Waals surface area contributed by atoms with Crippen LogP contribution in [0.4, 0.5) is 16.2 Å². The SMILES string of the molecule is Cc1ccc(N)c(NC(=O)NC2CCCCC2)c1. The predicted molar refractivity (Wildman–Crippen MR) is 74.6 cm³/mol. The summed E-state index contributed by atoms with van der Waals surface area (Å²) < 4.78 is 0. The molecule has 1 aromatic carbocycles. The first-order valence-electron chi connectivity index (χ1n) is 6.59. The van der Waals surface area contributed by atoms with Crippen molar-refractivity contribution in [3.05, 3.63) is 23.8 Å². The Bertz CT molecular complexity index is 425. The molecule has 2 amide bonds. The second-order valence-electron chi connectivity index (χ2n) is 5.02. The van der Waals surface area contributed by atoms with E-state index in [9.17, 15) is 4.79 Å². The molecule has 4 heteroatoms. The third-order valence-electron chi connectivity index (χ3n) is 3.40. The fourth-order valence-corrected chi connectivity index (χ4v) is 2.37. The van der Waals surface area contributed by atoms with Crippen LogP contribution < -0.4 is 16.4 Å². The number of nitrogens with two attached hydrogens (primary N) is 1. The van der Waals surface area contributed by atoms with Crippen LogP contribution in [0.15, 0.2) is 18.2 Å². The first-order valence-corrected chi connectivity index (χ1v) is 6.59. The molecule has 2 rings (SSSR count). The number of carbonyl (C=O) groups excluding carboxylic acids is 1. The number of hydrogen-bond donors (Lipinski definition) is 3. The molecule has 98 valence electrons. The summed E-state index contributed by atoms with van der Waals surface area (Å²) in [6.45, 7) is 1.98. The molecule has 4 N–H and O–H groups in total. The van der Waals surface area contributed by atoms with Crippen LogP contribution in [0, 0.1) is 6.92 Å². The molecular weight excluding hydrogens is 226 g/mol. The zero-order valence-electron chi connectivity index (χ0n) is 10.8. The fourth-order valence-electron chi connectivity index (χ4n) is 2.37. The molecule has 1 saturated carbocycles. The summed E-state index contributed by atoms with van der Waals surface area (Å²) in [5, 5.41) is 5.83. The van der Waals surface area contributed by atoms with Gasteiger partial charge in [0.2, 0.25) is 0 Å². The maximum absolute atomic E-state index is 11.9. The molecule has 0 radical (unpaired) electrons. The molecule has 1 aliphatic carbocycles. The maximum atomic E-state index is 11.9. The van der Waals surface area contributed by atoms with Crippen LogP contribution in [0.2, 0.25) is 0 Å². The molecular formula is C14H21N3O. The van der Waals surface area contributed by atoms with E-state index < -0.39 is 0 Å². The van der Waals surface area contributed by atoms with Crippen molar-refractivity contribution in [3.8, 4) is 0 Å². The summed E-state index contributed by atoms with van der Waals surface area (Å²) in [5.41, 5.74) is 8.19. The van der Waals surface area contributed by atoms with Gasteiger partial charge >= 0.3 is 6.03 Å². The molecule has 1 fully saturated rings. The average molecular weight is 247 g/mol. The van der Waals surface area contributed by atoms with Crippen LogP contribution in [0.5, 0.6) is 0 Å². The van der Waals surface area contributed by atoms with E-state index in [0.29, 0.717) is 17.4 Å². The Labute approximate surface area is 108 Å². The van der Waals surface area contributed by atoms with E-state index in [4.69, 9.17) is 5.73 Å². The number of carbonyl (C=O) groups is 1. The number of nitrogen functional groups attached to an aromatic ring is 1. The lowest BCUT2D eigenvalue weighted by molar-refractivity contribution is 0.244. The van der Waals surface area contributed by atoms with Crippen molar-refractivity contribution >= 4 is 17.4 Å². The van der Waals surface area contributed by atoms with Gasteiger partial charge < -0.3 is 16.4 Å². The summed E-state index contributed by atoms with van der Waals surface area (Å²) in [6, 6.07) is 5.78. The largest absolute Gasteiger partial charge is 0.397 e. The Balaban J connectivity index is 1.92. The summed E-state index contributed by atoms with van der Waals surface area (Å²) in [4.78, 5) is 11.9. The van der Waals surface area contributed by atoms with E-state index in [0.717, 1.165) is 18.4 Å². The fraction of sp³-hybridized carbons (Fsp3) is 0.500. The van der Waals surface area contributed by atoms with Gasteiger partial charge in [0.05, 0.1) is 11.4 Å². The van der Waals surface area contributed by atoms with Crippen LogP contribution in [0.3, 0.4) is 0 Å². The van der Waals surface area contributed by atoms with Crippen molar-refractivity contribution in [3.63, 3.8) is 0 Å². The van der Waals surface area contributed by atoms with Gasteiger partial charge in [-0.15, -0.1) is 0 Å². The minimum absolute atomic E-state index is 0.154. The van der Waals surface area contributed by atoms with Crippen LogP contribution in [-0.4, -0.2) is 12.1 Å². The lowest BCUT2D eigenvalue weighted by Crippen LogP contribution is -2.39. The molecule has 0 aromatic heterocycles. The Morgan fingerprint density at radius 2 is 2.00 bits per heavy atom. The average Bonchev–Trinajstić information content (AvgIpc) is 2.35. The number of urea groups is 1. The highest BCUT2D eigenvalue weighted by atomic mass is 16.2. The smallest absolute Gasteiger partial charge is 0.319 e. The second kappa shape index (κ2) is 5.76. The van der Waals surface area contributed by atoms with Crippen molar-refractivity contribution in [2.45, 2.75) is 45.1 Å². The molecule has 1 aliphatic rings. The van der Waals surface area contributed by atoms with E-state index in [-0.39, 0.29) is 6.03 Å². The van der Waals surface area contributed by atoms with Crippen molar-refractivity contribution in [2.24, 2.45) is 0 Å². The predicted octanol–water partition coefficient (Wildman–Crippen LogP) is 3.03. The minimum Gasteiger partial charge on any atom is -0.397 e. The van der Waals surface area contributed by atoms with E-state index >= 15 is 0 Å². The van der Waals surface area contributed by atoms with E-state index in [1.54, 1.807) is 0 Å². The number of anilines is 2. The van der Waals surface area contributed by atoms with Crippen molar-refractivity contribution in [2.75, 3.05) is 11.1 Å². The normalized spacial score (nSPS) is 16.3. The second-order valence-corrected chi connectivity index (χ2v) is 5.02. The highest BCUT2D eigenvalue weighted by Gasteiger charge is 2.15. The zero-order chi connectivity index (χ0) is 13.0. The first kappa shape index (κ1) is 12.7. The van der Waals surface area contributed by atoms with E-state index in [2.05, 4.69) is 10.6 Å². The first-order chi connectivity index (χ1) is 8.65. The minimum atomic E-state index is -0.154. The van der Waals surface area contributed by atoms with Crippen molar-refractivity contribution < 1.29 is 4.79 Å². The highest BCUT2D eigenvalue weighted by molar-refractivity contribution is 5.92. The Kier molecular flexibility index (Phi) is 4.07. The molecule has 0 saturated heterocycles. The molecule has 4 nitrogen and oxygen atoms in total. The Morgan fingerprint density at radius 3 is 2.72 bits per heavy atom. The van der Waals surface area contributed by atoms with E-state index in [1.165, 1.54) is 19.3 Å². The quantitative estimate of drug-likeness (QED) is 0.703. The molecule has 0 heterocycles. The van der Waals surface area contributed by atoms with Gasteiger partial charge in [-0.2, -0.15) is 0 Å². The summed E-state index contributed by atoms with van der Waals surface area (Å²) in [5.74, 6) is 0. The van der Waals surface area contributed by atoms with Gasteiger partial charge in [0, 0.05) is 6.04 Å². The third kappa shape index (κ3) is 3.39. The number of aryl methyl sites for hydroxylation is 1. The van der Waals surface area contributed by atoms with Crippen molar-refractivity contribution in [1.29, 1.82) is 0 Å². The number of benzene rings is 1. The maximum Gasteiger partial charge on any atom is 0.319 e. The number of amides is 2. The summed E-state index contributed by atoms with van der Waals surface area (Å²) in [7, 11) is 0. The number of hydrogen-bond acceptors (Lipinski definition) is 2. The van der Waals surface area contributed by atoms with Crippen molar-refractivity contribution in [1.82, 2.24) is 5.32 Å². The van der Waals surface area contributed by atoms with Gasteiger partial charge in [0.25, 0.3) is 0 Å². The molecule has 0 aliphatic heterocycles.